The molecule has 0 saturated heterocycles. The van der Waals surface area contributed by atoms with Crippen LogP contribution in [-0.2, 0) is 9.53 Å². The zero-order chi connectivity index (χ0) is 15.3. The molecule has 1 aromatic rings. The van der Waals surface area contributed by atoms with Crippen molar-refractivity contribution in [2.45, 2.75) is 26.8 Å². The highest BCUT2D eigenvalue weighted by molar-refractivity contribution is 6.39. The SMILES string of the molecule is CCOC(=O)CN(C(=O)c1c(Cl)cccc1Cl)C(C)C. The van der Waals surface area contributed by atoms with Crippen LogP contribution in [0.1, 0.15) is 31.1 Å². The molecule has 1 rings (SSSR count). The van der Waals surface area contributed by atoms with E-state index >= 15 is 0 Å². The van der Waals surface area contributed by atoms with Gasteiger partial charge >= 0.3 is 5.97 Å². The number of hydrogen-bond donors (Lipinski definition) is 0. The number of halogens is 2. The van der Waals surface area contributed by atoms with Crippen LogP contribution in [0.4, 0.5) is 0 Å². The lowest BCUT2D eigenvalue weighted by Gasteiger charge is -2.26. The third-order valence-electron chi connectivity index (χ3n) is 2.67. The molecule has 0 aliphatic heterocycles. The first kappa shape index (κ1) is 16.8. The molecule has 0 radical (unpaired) electrons. The van der Waals surface area contributed by atoms with Crippen molar-refractivity contribution in [1.29, 1.82) is 0 Å². The Morgan fingerprint density at radius 1 is 1.25 bits per heavy atom. The third kappa shape index (κ3) is 4.12. The normalized spacial score (nSPS) is 10.5. The molecule has 0 aliphatic carbocycles. The Morgan fingerprint density at radius 3 is 2.25 bits per heavy atom. The Hall–Kier alpha value is -1.26. The Labute approximate surface area is 128 Å². The van der Waals surface area contributed by atoms with Gasteiger partial charge in [0.25, 0.3) is 5.91 Å². The first-order chi connectivity index (χ1) is 9.38. The minimum absolute atomic E-state index is 0.133. The first-order valence-corrected chi connectivity index (χ1v) is 7.04. The smallest absolute Gasteiger partial charge is 0.325 e. The Morgan fingerprint density at radius 2 is 1.80 bits per heavy atom. The molecule has 1 aromatic carbocycles. The van der Waals surface area contributed by atoms with E-state index in [9.17, 15) is 9.59 Å². The molecule has 110 valence electrons. The number of carbonyl (C=O) groups excluding carboxylic acids is 2. The van der Waals surface area contributed by atoms with Crippen LogP contribution in [0, 0.1) is 0 Å². The van der Waals surface area contributed by atoms with E-state index in [0.29, 0.717) is 0 Å². The fourth-order valence-corrected chi connectivity index (χ4v) is 2.24. The number of benzene rings is 1. The number of amides is 1. The summed E-state index contributed by atoms with van der Waals surface area (Å²) in [6.45, 7) is 5.46. The van der Waals surface area contributed by atoms with E-state index in [2.05, 4.69) is 0 Å². The zero-order valence-corrected chi connectivity index (χ0v) is 13.2. The molecule has 0 atom stereocenters. The number of ether oxygens (including phenoxy) is 1. The van der Waals surface area contributed by atoms with Gasteiger partial charge in [-0.25, -0.2) is 0 Å². The van der Waals surface area contributed by atoms with E-state index in [1.807, 2.05) is 13.8 Å². The molecule has 1 amide bonds. The monoisotopic (exact) mass is 317 g/mol. The topological polar surface area (TPSA) is 46.6 Å². The predicted octanol–water partition coefficient (Wildman–Crippen LogP) is 3.41. The highest BCUT2D eigenvalue weighted by Gasteiger charge is 2.25. The van der Waals surface area contributed by atoms with Crippen LogP contribution in [0.5, 0.6) is 0 Å². The number of hydrogen-bond acceptors (Lipinski definition) is 3. The van der Waals surface area contributed by atoms with Gasteiger partial charge in [0, 0.05) is 6.04 Å². The van der Waals surface area contributed by atoms with Crippen molar-refractivity contribution < 1.29 is 14.3 Å². The van der Waals surface area contributed by atoms with Crippen LogP contribution >= 0.6 is 23.2 Å². The number of nitrogens with zero attached hydrogens (tertiary/aromatic N) is 1. The van der Waals surface area contributed by atoms with Gasteiger partial charge in [-0.15, -0.1) is 0 Å². The second-order valence-corrected chi connectivity index (χ2v) is 5.24. The summed E-state index contributed by atoms with van der Waals surface area (Å²) in [7, 11) is 0. The maximum Gasteiger partial charge on any atom is 0.325 e. The molecule has 0 heterocycles. The van der Waals surface area contributed by atoms with E-state index in [0.717, 1.165) is 0 Å². The minimum Gasteiger partial charge on any atom is -0.465 e. The molecule has 6 heteroatoms. The van der Waals surface area contributed by atoms with Crippen LogP contribution < -0.4 is 0 Å². The lowest BCUT2D eigenvalue weighted by molar-refractivity contribution is -0.144. The third-order valence-corrected chi connectivity index (χ3v) is 3.30. The van der Waals surface area contributed by atoms with Crippen LogP contribution in [0.15, 0.2) is 18.2 Å². The van der Waals surface area contributed by atoms with E-state index in [1.165, 1.54) is 4.90 Å². The maximum atomic E-state index is 12.5. The molecule has 0 spiro atoms. The molecule has 0 saturated carbocycles. The van der Waals surface area contributed by atoms with Gasteiger partial charge in [-0.1, -0.05) is 29.3 Å². The molecular formula is C14H17Cl2NO3. The Kier molecular flexibility index (Phi) is 6.30. The predicted molar refractivity (Wildman–Crippen MR) is 79.3 cm³/mol. The number of carbonyl (C=O) groups is 2. The van der Waals surface area contributed by atoms with Crippen LogP contribution in [-0.4, -0.2) is 36.0 Å². The van der Waals surface area contributed by atoms with Crippen molar-refractivity contribution in [2.24, 2.45) is 0 Å². The van der Waals surface area contributed by atoms with Crippen molar-refractivity contribution in [2.75, 3.05) is 13.2 Å². The largest absolute Gasteiger partial charge is 0.465 e. The highest BCUT2D eigenvalue weighted by Crippen LogP contribution is 2.26. The fourth-order valence-electron chi connectivity index (χ4n) is 1.68. The summed E-state index contributed by atoms with van der Waals surface area (Å²) < 4.78 is 4.87. The lowest BCUT2D eigenvalue weighted by Crippen LogP contribution is -2.41. The summed E-state index contributed by atoms with van der Waals surface area (Å²) in [6.07, 6.45) is 0. The summed E-state index contributed by atoms with van der Waals surface area (Å²) in [5.74, 6) is -0.846. The van der Waals surface area contributed by atoms with Crippen molar-refractivity contribution in [1.82, 2.24) is 4.90 Å². The van der Waals surface area contributed by atoms with Gasteiger partial charge in [0.15, 0.2) is 0 Å². The van der Waals surface area contributed by atoms with Crippen LogP contribution in [0.25, 0.3) is 0 Å². The first-order valence-electron chi connectivity index (χ1n) is 6.29. The van der Waals surface area contributed by atoms with Gasteiger partial charge in [0.2, 0.25) is 0 Å². The molecule has 0 aliphatic rings. The summed E-state index contributed by atoms with van der Waals surface area (Å²) in [6, 6.07) is 4.65. The molecule has 0 aromatic heterocycles. The summed E-state index contributed by atoms with van der Waals surface area (Å²) in [5.41, 5.74) is 0.203. The molecule has 0 bridgehead atoms. The number of esters is 1. The van der Waals surface area contributed by atoms with Gasteiger partial charge in [0.05, 0.1) is 22.2 Å². The van der Waals surface area contributed by atoms with Crippen LogP contribution in [0.3, 0.4) is 0 Å². The molecular weight excluding hydrogens is 301 g/mol. The van der Waals surface area contributed by atoms with E-state index in [4.69, 9.17) is 27.9 Å². The fraction of sp³-hybridized carbons (Fsp3) is 0.429. The van der Waals surface area contributed by atoms with E-state index in [1.54, 1.807) is 25.1 Å². The summed E-state index contributed by atoms with van der Waals surface area (Å²) in [4.78, 5) is 25.5. The van der Waals surface area contributed by atoms with Gasteiger partial charge < -0.3 is 9.64 Å². The summed E-state index contributed by atoms with van der Waals surface area (Å²) in [5, 5.41) is 0.522. The van der Waals surface area contributed by atoms with Gasteiger partial charge in [-0.3, -0.25) is 9.59 Å². The van der Waals surface area contributed by atoms with Gasteiger partial charge in [-0.2, -0.15) is 0 Å². The Bertz CT molecular complexity index is 483. The second kappa shape index (κ2) is 7.50. The minimum atomic E-state index is -0.460. The van der Waals surface area contributed by atoms with Crippen molar-refractivity contribution in [3.05, 3.63) is 33.8 Å². The quantitative estimate of drug-likeness (QED) is 0.782. The lowest BCUT2D eigenvalue weighted by atomic mass is 10.1. The van der Waals surface area contributed by atoms with Crippen molar-refractivity contribution in [3.63, 3.8) is 0 Å². The van der Waals surface area contributed by atoms with Gasteiger partial charge in [-0.05, 0) is 32.9 Å². The number of rotatable bonds is 5. The molecule has 0 fully saturated rings. The van der Waals surface area contributed by atoms with Crippen molar-refractivity contribution in [3.8, 4) is 0 Å². The average molecular weight is 318 g/mol. The standard InChI is InChI=1S/C14H17Cl2NO3/c1-4-20-12(18)8-17(9(2)3)14(19)13-10(15)6-5-7-11(13)16/h5-7,9H,4,8H2,1-3H3. The van der Waals surface area contributed by atoms with Crippen molar-refractivity contribution >= 4 is 35.1 Å². The molecule has 0 N–H and O–H groups in total. The van der Waals surface area contributed by atoms with Gasteiger partial charge in [0.1, 0.15) is 6.54 Å². The molecule has 4 nitrogen and oxygen atoms in total. The average Bonchev–Trinajstić information content (AvgIpc) is 2.35. The molecule has 0 unspecified atom stereocenters. The van der Waals surface area contributed by atoms with E-state index in [-0.39, 0.29) is 40.7 Å². The van der Waals surface area contributed by atoms with Crippen LogP contribution in [0.2, 0.25) is 10.0 Å². The second-order valence-electron chi connectivity index (χ2n) is 4.43. The highest BCUT2D eigenvalue weighted by atomic mass is 35.5. The Balaban J connectivity index is 3.03. The maximum absolute atomic E-state index is 12.5. The molecule has 20 heavy (non-hydrogen) atoms. The summed E-state index contributed by atoms with van der Waals surface area (Å²) >= 11 is 12.0. The van der Waals surface area contributed by atoms with E-state index < -0.39 is 5.97 Å². The zero-order valence-electron chi connectivity index (χ0n) is 11.7.